The average molecular weight is 475 g/mol. The Hall–Kier alpha value is -3.65. The molecule has 1 aliphatic heterocycles. The molecule has 1 fully saturated rings. The van der Waals surface area contributed by atoms with Gasteiger partial charge in [0.05, 0.1) is 22.0 Å². The second-order valence-electron chi connectivity index (χ2n) is 8.67. The van der Waals surface area contributed by atoms with Crippen molar-refractivity contribution in [2.75, 3.05) is 11.3 Å². The molecule has 1 amide bonds. The summed E-state index contributed by atoms with van der Waals surface area (Å²) in [7, 11) is -1.77. The van der Waals surface area contributed by atoms with Gasteiger partial charge in [-0.2, -0.15) is 0 Å². The molecule has 8 heteroatoms. The largest absolute Gasteiger partial charge is 0.329 e. The van der Waals surface area contributed by atoms with Gasteiger partial charge in [0.15, 0.2) is 0 Å². The lowest BCUT2D eigenvalue weighted by molar-refractivity contribution is 0.0728. The number of likely N-dealkylation sites (tertiary alicyclic amines) is 1. The van der Waals surface area contributed by atoms with Crippen molar-refractivity contribution in [2.24, 2.45) is 7.05 Å². The summed E-state index contributed by atoms with van der Waals surface area (Å²) in [5.41, 5.74) is 3.94. The van der Waals surface area contributed by atoms with E-state index < -0.39 is 10.0 Å². The highest BCUT2D eigenvalue weighted by atomic mass is 32.2. The van der Waals surface area contributed by atoms with E-state index in [1.54, 1.807) is 24.3 Å². The Bertz CT molecular complexity index is 1460. The Morgan fingerprint density at radius 2 is 1.71 bits per heavy atom. The van der Waals surface area contributed by atoms with Gasteiger partial charge in [-0.05, 0) is 68.3 Å². The number of hydrogen-bond donors (Lipinski definition) is 1. The third-order valence-electron chi connectivity index (χ3n) is 6.35. The molecule has 0 saturated carbocycles. The number of imidazole rings is 1. The van der Waals surface area contributed by atoms with E-state index in [-0.39, 0.29) is 16.8 Å². The molecule has 1 N–H and O–H groups in total. The SMILES string of the molecule is Cc1ccc(NS(=O)(=O)c2ccc(C(=O)N3CCCC3c3nc4ccccc4n3C)cc2)cc1. The van der Waals surface area contributed by atoms with Crippen LogP contribution in [0.5, 0.6) is 0 Å². The van der Waals surface area contributed by atoms with E-state index in [9.17, 15) is 13.2 Å². The number of sulfonamides is 1. The van der Waals surface area contributed by atoms with Gasteiger partial charge >= 0.3 is 0 Å². The first-order valence-electron chi connectivity index (χ1n) is 11.3. The van der Waals surface area contributed by atoms with E-state index in [4.69, 9.17) is 4.98 Å². The second-order valence-corrected chi connectivity index (χ2v) is 10.4. The standard InChI is InChI=1S/C26H26N4O3S/c1-18-9-13-20(14-10-18)28-34(32,33)21-15-11-19(12-16-21)26(31)30-17-5-8-24(30)25-27-22-6-3-4-7-23(22)29(25)2/h3-4,6-7,9-16,24,28H,5,8,17H2,1-2H3. The first kappa shape index (κ1) is 22.2. The number of hydrogen-bond acceptors (Lipinski definition) is 4. The molecule has 1 atom stereocenters. The van der Waals surface area contributed by atoms with Crippen molar-refractivity contribution < 1.29 is 13.2 Å². The lowest BCUT2D eigenvalue weighted by Crippen LogP contribution is -2.31. The van der Waals surface area contributed by atoms with Crippen molar-refractivity contribution in [2.45, 2.75) is 30.7 Å². The summed E-state index contributed by atoms with van der Waals surface area (Å²) in [5, 5.41) is 0. The molecule has 1 unspecified atom stereocenters. The molecule has 174 valence electrons. The van der Waals surface area contributed by atoms with Crippen LogP contribution in [0, 0.1) is 6.92 Å². The summed E-state index contributed by atoms with van der Waals surface area (Å²) in [5.74, 6) is 0.749. The van der Waals surface area contributed by atoms with Crippen LogP contribution in [0.3, 0.4) is 0 Å². The lowest BCUT2D eigenvalue weighted by atomic mass is 10.1. The van der Waals surface area contributed by atoms with E-state index >= 15 is 0 Å². The average Bonchev–Trinajstić information content (AvgIpc) is 3.45. The number of nitrogens with zero attached hydrogens (tertiary/aromatic N) is 3. The smallest absolute Gasteiger partial charge is 0.261 e. The van der Waals surface area contributed by atoms with Gasteiger partial charge < -0.3 is 9.47 Å². The van der Waals surface area contributed by atoms with Gasteiger partial charge in [0.2, 0.25) is 0 Å². The summed E-state index contributed by atoms with van der Waals surface area (Å²) >= 11 is 0. The van der Waals surface area contributed by atoms with Crippen LogP contribution in [0.1, 0.15) is 40.6 Å². The molecule has 0 spiro atoms. The lowest BCUT2D eigenvalue weighted by Gasteiger charge is -2.24. The number of benzene rings is 3. The molecule has 7 nitrogen and oxygen atoms in total. The Morgan fingerprint density at radius 1 is 1.00 bits per heavy atom. The molecule has 4 aromatic rings. The van der Waals surface area contributed by atoms with Crippen molar-refractivity contribution >= 4 is 32.7 Å². The number of para-hydroxylation sites is 2. The van der Waals surface area contributed by atoms with Gasteiger partial charge in [0.25, 0.3) is 15.9 Å². The van der Waals surface area contributed by atoms with E-state index in [1.165, 1.54) is 12.1 Å². The topological polar surface area (TPSA) is 84.3 Å². The molecular formula is C26H26N4O3S. The van der Waals surface area contributed by atoms with E-state index in [0.717, 1.165) is 35.3 Å². The normalized spacial score (nSPS) is 16.2. The van der Waals surface area contributed by atoms with Crippen molar-refractivity contribution in [3.05, 3.63) is 89.7 Å². The molecule has 0 bridgehead atoms. The van der Waals surface area contributed by atoms with Crippen molar-refractivity contribution in [3.8, 4) is 0 Å². The highest BCUT2D eigenvalue weighted by Gasteiger charge is 2.33. The number of carbonyl (C=O) groups is 1. The van der Waals surface area contributed by atoms with E-state index in [1.807, 2.05) is 55.3 Å². The highest BCUT2D eigenvalue weighted by molar-refractivity contribution is 7.92. The molecule has 3 aromatic carbocycles. The molecule has 1 aliphatic rings. The van der Waals surface area contributed by atoms with Crippen molar-refractivity contribution in [1.29, 1.82) is 0 Å². The molecular weight excluding hydrogens is 448 g/mol. The minimum atomic E-state index is -3.75. The summed E-state index contributed by atoms with van der Waals surface area (Å²) in [6.07, 6.45) is 1.74. The summed E-state index contributed by atoms with van der Waals surface area (Å²) in [4.78, 5) is 20.1. The van der Waals surface area contributed by atoms with Crippen LogP contribution in [0.15, 0.2) is 77.7 Å². The maximum Gasteiger partial charge on any atom is 0.261 e. The Kier molecular flexibility index (Phi) is 5.61. The number of nitrogens with one attached hydrogen (secondary N) is 1. The monoisotopic (exact) mass is 474 g/mol. The molecule has 0 radical (unpaired) electrons. The zero-order valence-electron chi connectivity index (χ0n) is 19.1. The quantitative estimate of drug-likeness (QED) is 0.456. The molecule has 1 aromatic heterocycles. The highest BCUT2D eigenvalue weighted by Crippen LogP contribution is 2.34. The van der Waals surface area contributed by atoms with Crippen LogP contribution >= 0.6 is 0 Å². The molecule has 34 heavy (non-hydrogen) atoms. The fraction of sp³-hybridized carbons (Fsp3) is 0.231. The number of fused-ring (bicyclic) bond motifs is 1. The van der Waals surface area contributed by atoms with Crippen LogP contribution in [0.25, 0.3) is 11.0 Å². The number of rotatable bonds is 5. The number of aromatic nitrogens is 2. The fourth-order valence-electron chi connectivity index (χ4n) is 4.52. The van der Waals surface area contributed by atoms with Gasteiger partial charge in [0, 0.05) is 24.8 Å². The summed E-state index contributed by atoms with van der Waals surface area (Å²) in [6.45, 7) is 2.58. The van der Waals surface area contributed by atoms with Crippen LogP contribution in [0.4, 0.5) is 5.69 Å². The van der Waals surface area contributed by atoms with E-state index in [2.05, 4.69) is 9.29 Å². The van der Waals surface area contributed by atoms with Crippen LogP contribution in [0.2, 0.25) is 0 Å². The van der Waals surface area contributed by atoms with Gasteiger partial charge in [-0.1, -0.05) is 29.8 Å². The number of anilines is 1. The minimum absolute atomic E-state index is 0.109. The molecule has 2 heterocycles. The fourth-order valence-corrected chi connectivity index (χ4v) is 5.58. The Balaban J connectivity index is 1.37. The molecule has 5 rings (SSSR count). The van der Waals surface area contributed by atoms with Crippen molar-refractivity contribution in [1.82, 2.24) is 14.5 Å². The predicted molar refractivity (Wildman–Crippen MR) is 132 cm³/mol. The number of aryl methyl sites for hydroxylation is 2. The van der Waals surface area contributed by atoms with Gasteiger partial charge in [-0.3, -0.25) is 9.52 Å². The van der Waals surface area contributed by atoms with Crippen LogP contribution in [-0.2, 0) is 17.1 Å². The minimum Gasteiger partial charge on any atom is -0.329 e. The van der Waals surface area contributed by atoms with Gasteiger partial charge in [-0.25, -0.2) is 13.4 Å². The van der Waals surface area contributed by atoms with Crippen molar-refractivity contribution in [3.63, 3.8) is 0 Å². The summed E-state index contributed by atoms with van der Waals surface area (Å²) < 4.78 is 30.2. The second kappa shape index (κ2) is 8.61. The van der Waals surface area contributed by atoms with Gasteiger partial charge in [0.1, 0.15) is 5.82 Å². The third kappa shape index (κ3) is 4.05. The number of carbonyl (C=O) groups excluding carboxylic acids is 1. The zero-order chi connectivity index (χ0) is 23.9. The van der Waals surface area contributed by atoms with Gasteiger partial charge in [-0.15, -0.1) is 0 Å². The Labute approximate surface area is 199 Å². The maximum absolute atomic E-state index is 13.4. The predicted octanol–water partition coefficient (Wildman–Crippen LogP) is 4.66. The third-order valence-corrected chi connectivity index (χ3v) is 7.75. The maximum atomic E-state index is 13.4. The first-order valence-corrected chi connectivity index (χ1v) is 12.7. The Morgan fingerprint density at radius 3 is 2.41 bits per heavy atom. The number of amides is 1. The first-order chi connectivity index (χ1) is 16.3. The zero-order valence-corrected chi connectivity index (χ0v) is 19.9. The van der Waals surface area contributed by atoms with E-state index in [0.29, 0.717) is 17.8 Å². The molecule has 0 aliphatic carbocycles. The van der Waals surface area contributed by atoms with Crippen LogP contribution in [-0.4, -0.2) is 35.3 Å². The summed E-state index contributed by atoms with van der Waals surface area (Å²) in [6, 6.07) is 21.1. The van der Waals surface area contributed by atoms with Crippen LogP contribution < -0.4 is 4.72 Å². The molecule has 1 saturated heterocycles.